The number of halogens is 2. The SMILES string of the molecule is FC(F)c1nc2ccccc2n1-c1nc(N2CCOCC2)nc(-n2ccnc2)n1. The number of imidazole rings is 2. The molecule has 5 rings (SSSR count). The fraction of sp³-hybridized carbons (Fsp3) is 0.278. The molecule has 0 atom stereocenters. The Morgan fingerprint density at radius 2 is 1.69 bits per heavy atom. The van der Waals surface area contributed by atoms with Crippen LogP contribution in [0.15, 0.2) is 43.0 Å². The van der Waals surface area contributed by atoms with Crippen LogP contribution >= 0.6 is 0 Å². The van der Waals surface area contributed by atoms with E-state index in [2.05, 4.69) is 24.9 Å². The third-order valence-electron chi connectivity index (χ3n) is 4.61. The molecule has 29 heavy (non-hydrogen) atoms. The zero-order chi connectivity index (χ0) is 19.8. The summed E-state index contributed by atoms with van der Waals surface area (Å²) in [7, 11) is 0. The number of benzene rings is 1. The van der Waals surface area contributed by atoms with Gasteiger partial charge in [-0.2, -0.15) is 15.0 Å². The summed E-state index contributed by atoms with van der Waals surface area (Å²) in [5.74, 6) is 0.336. The Morgan fingerprint density at radius 3 is 2.45 bits per heavy atom. The van der Waals surface area contributed by atoms with Gasteiger partial charge in [-0.1, -0.05) is 12.1 Å². The second-order valence-electron chi connectivity index (χ2n) is 6.40. The van der Waals surface area contributed by atoms with Gasteiger partial charge in [-0.05, 0) is 12.1 Å². The normalized spacial score (nSPS) is 14.8. The van der Waals surface area contributed by atoms with E-state index in [4.69, 9.17) is 4.74 Å². The summed E-state index contributed by atoms with van der Waals surface area (Å²) in [6.45, 7) is 2.27. The molecule has 1 aliphatic rings. The summed E-state index contributed by atoms with van der Waals surface area (Å²) < 4.78 is 35.9. The number of morpholine rings is 1. The standard InChI is InChI=1S/C18H16F2N8O/c19-14(20)15-22-12-3-1-2-4-13(12)28(15)18-24-16(26-7-9-29-10-8-26)23-17(25-18)27-6-5-21-11-27/h1-6,11,14H,7-10H2. The van der Waals surface area contributed by atoms with Gasteiger partial charge in [-0.25, -0.2) is 18.7 Å². The van der Waals surface area contributed by atoms with E-state index in [9.17, 15) is 8.78 Å². The molecule has 1 saturated heterocycles. The number of ether oxygens (including phenoxy) is 1. The first kappa shape index (κ1) is 17.6. The molecule has 1 aliphatic heterocycles. The third kappa shape index (κ3) is 3.18. The lowest BCUT2D eigenvalue weighted by Gasteiger charge is -2.27. The van der Waals surface area contributed by atoms with Gasteiger partial charge in [0.1, 0.15) is 6.33 Å². The van der Waals surface area contributed by atoms with Crippen molar-refractivity contribution in [3.05, 3.63) is 48.8 Å². The van der Waals surface area contributed by atoms with Crippen molar-refractivity contribution in [3.63, 3.8) is 0 Å². The lowest BCUT2D eigenvalue weighted by Crippen LogP contribution is -2.37. The maximum absolute atomic E-state index is 13.8. The minimum Gasteiger partial charge on any atom is -0.378 e. The van der Waals surface area contributed by atoms with Gasteiger partial charge >= 0.3 is 0 Å². The largest absolute Gasteiger partial charge is 0.378 e. The van der Waals surface area contributed by atoms with Crippen molar-refractivity contribution in [2.75, 3.05) is 31.2 Å². The Balaban J connectivity index is 1.73. The van der Waals surface area contributed by atoms with Crippen LogP contribution in [0.1, 0.15) is 12.2 Å². The fourth-order valence-corrected chi connectivity index (χ4v) is 3.24. The minimum absolute atomic E-state index is 0.0780. The summed E-state index contributed by atoms with van der Waals surface area (Å²) in [6, 6.07) is 6.90. The first-order chi connectivity index (χ1) is 14.2. The molecule has 9 nitrogen and oxygen atoms in total. The lowest BCUT2D eigenvalue weighted by molar-refractivity contribution is 0.122. The van der Waals surface area contributed by atoms with E-state index in [-0.39, 0.29) is 11.9 Å². The fourth-order valence-electron chi connectivity index (χ4n) is 3.24. The molecule has 1 aromatic carbocycles. The van der Waals surface area contributed by atoms with E-state index < -0.39 is 12.2 Å². The summed E-state index contributed by atoms with van der Waals surface area (Å²) in [5.41, 5.74) is 0.943. The average Bonchev–Trinajstić information content (AvgIpc) is 3.42. The van der Waals surface area contributed by atoms with E-state index in [0.29, 0.717) is 43.3 Å². The van der Waals surface area contributed by atoms with E-state index in [0.717, 1.165) is 0 Å². The number of hydrogen-bond acceptors (Lipinski definition) is 7. The summed E-state index contributed by atoms with van der Waals surface area (Å²) in [6.07, 6.45) is 2.03. The Kier molecular flexibility index (Phi) is 4.35. The molecule has 0 aliphatic carbocycles. The molecule has 11 heteroatoms. The number of fused-ring (bicyclic) bond motifs is 1. The van der Waals surface area contributed by atoms with Gasteiger partial charge < -0.3 is 9.64 Å². The van der Waals surface area contributed by atoms with Gasteiger partial charge in [0.15, 0.2) is 5.82 Å². The Hall–Kier alpha value is -3.47. The summed E-state index contributed by atoms with van der Waals surface area (Å²) in [5, 5.41) is 0. The lowest BCUT2D eigenvalue weighted by atomic mass is 10.3. The van der Waals surface area contributed by atoms with Gasteiger partial charge in [0.25, 0.3) is 6.43 Å². The van der Waals surface area contributed by atoms with Crippen LogP contribution in [0, 0.1) is 0 Å². The highest BCUT2D eigenvalue weighted by molar-refractivity contribution is 5.77. The van der Waals surface area contributed by atoms with Crippen LogP contribution in [-0.4, -0.2) is 60.4 Å². The van der Waals surface area contributed by atoms with Crippen molar-refractivity contribution in [3.8, 4) is 11.9 Å². The second-order valence-corrected chi connectivity index (χ2v) is 6.40. The number of hydrogen-bond donors (Lipinski definition) is 0. The molecular formula is C18H16F2N8O. The van der Waals surface area contributed by atoms with Crippen molar-refractivity contribution >= 4 is 17.0 Å². The van der Waals surface area contributed by atoms with E-state index in [1.165, 1.54) is 4.57 Å². The molecule has 148 valence electrons. The molecule has 0 unspecified atom stereocenters. The zero-order valence-corrected chi connectivity index (χ0v) is 15.2. The topological polar surface area (TPSA) is 86.8 Å². The Bertz CT molecular complexity index is 1140. The zero-order valence-electron chi connectivity index (χ0n) is 15.2. The van der Waals surface area contributed by atoms with Gasteiger partial charge in [-0.15, -0.1) is 0 Å². The number of anilines is 1. The van der Waals surface area contributed by atoms with Gasteiger partial charge in [0.2, 0.25) is 17.8 Å². The van der Waals surface area contributed by atoms with Gasteiger partial charge in [0.05, 0.1) is 24.2 Å². The first-order valence-corrected chi connectivity index (χ1v) is 9.04. The molecule has 4 heterocycles. The number of para-hydroxylation sites is 2. The van der Waals surface area contributed by atoms with Crippen LogP contribution in [0.3, 0.4) is 0 Å². The highest BCUT2D eigenvalue weighted by atomic mass is 19.3. The summed E-state index contributed by atoms with van der Waals surface area (Å²) >= 11 is 0. The van der Waals surface area contributed by atoms with E-state index in [1.54, 1.807) is 47.6 Å². The molecule has 0 N–H and O–H groups in total. The predicted octanol–water partition coefficient (Wildman–Crippen LogP) is 2.17. The van der Waals surface area contributed by atoms with Crippen molar-refractivity contribution < 1.29 is 13.5 Å². The molecule has 3 aromatic heterocycles. The summed E-state index contributed by atoms with van der Waals surface area (Å²) in [4.78, 5) is 23.5. The average molecular weight is 398 g/mol. The van der Waals surface area contributed by atoms with E-state index >= 15 is 0 Å². The van der Waals surface area contributed by atoms with E-state index in [1.807, 2.05) is 4.90 Å². The molecule has 4 aromatic rings. The number of nitrogens with zero attached hydrogens (tertiary/aromatic N) is 8. The van der Waals surface area contributed by atoms with Crippen LogP contribution in [0.5, 0.6) is 0 Å². The quantitative estimate of drug-likeness (QED) is 0.521. The van der Waals surface area contributed by atoms with Crippen molar-refractivity contribution in [2.24, 2.45) is 0 Å². The minimum atomic E-state index is -2.79. The van der Waals surface area contributed by atoms with Crippen molar-refractivity contribution in [2.45, 2.75) is 6.43 Å². The molecule has 1 fully saturated rings. The van der Waals surface area contributed by atoms with Crippen LogP contribution in [0.4, 0.5) is 14.7 Å². The third-order valence-corrected chi connectivity index (χ3v) is 4.61. The highest BCUT2D eigenvalue weighted by Gasteiger charge is 2.24. The first-order valence-electron chi connectivity index (χ1n) is 9.04. The molecule has 0 saturated carbocycles. The molecule has 0 radical (unpaired) electrons. The highest BCUT2D eigenvalue weighted by Crippen LogP contribution is 2.27. The smallest absolute Gasteiger partial charge is 0.296 e. The molecular weight excluding hydrogens is 382 g/mol. The van der Waals surface area contributed by atoms with Crippen LogP contribution in [0.25, 0.3) is 22.9 Å². The number of aromatic nitrogens is 7. The second kappa shape index (κ2) is 7.17. The number of rotatable bonds is 4. The van der Waals surface area contributed by atoms with Crippen molar-refractivity contribution in [1.82, 2.24) is 34.1 Å². The van der Waals surface area contributed by atoms with Crippen LogP contribution < -0.4 is 4.90 Å². The Labute approximate surface area is 163 Å². The molecule has 0 spiro atoms. The molecule has 0 bridgehead atoms. The maximum Gasteiger partial charge on any atom is 0.296 e. The Morgan fingerprint density at radius 1 is 0.931 bits per heavy atom. The van der Waals surface area contributed by atoms with Gasteiger partial charge in [0, 0.05) is 25.5 Å². The maximum atomic E-state index is 13.8. The van der Waals surface area contributed by atoms with Crippen LogP contribution in [0.2, 0.25) is 0 Å². The monoisotopic (exact) mass is 398 g/mol. The predicted molar refractivity (Wildman–Crippen MR) is 99.6 cm³/mol. The van der Waals surface area contributed by atoms with Crippen LogP contribution in [-0.2, 0) is 4.74 Å². The molecule has 0 amide bonds. The van der Waals surface area contributed by atoms with Gasteiger partial charge in [-0.3, -0.25) is 9.13 Å². The number of alkyl halides is 2. The van der Waals surface area contributed by atoms with Crippen molar-refractivity contribution in [1.29, 1.82) is 0 Å².